The number of piperazine rings is 1. The number of benzene rings is 2. The second-order valence-corrected chi connectivity index (χ2v) is 13.3. The normalized spacial score (nSPS) is 18.9. The minimum absolute atomic E-state index is 0.0303. The van der Waals surface area contributed by atoms with Crippen LogP contribution in [0.2, 0.25) is 0 Å². The first-order chi connectivity index (χ1) is 19.5. The number of anilines is 1. The molecule has 0 radical (unpaired) electrons. The molecule has 0 saturated carbocycles. The Balaban J connectivity index is 1.41. The number of unbranched alkanes of at least 4 members (excludes halogenated alkanes) is 1. The van der Waals surface area contributed by atoms with Gasteiger partial charge in [0.25, 0.3) is 0 Å². The number of amides is 1. The number of nitrogens with zero attached hydrogens (tertiary/aromatic N) is 3. The van der Waals surface area contributed by atoms with Crippen LogP contribution in [-0.4, -0.2) is 81.5 Å². The standard InChI is InChI=1S/C30H43N5O5S/c1-5-7-18-39-26-13-10-23(30(3,4)6-2)19-27(26)41(37,38)34-16-14-33(15-17-34)20-25-21-35(29(36)40-25)24-11-8-22(9-12-24)28(31)32/h8-13,19,25H,5-7,14-18,20-21H2,1-4H3,(H3,31,32). The number of amidine groups is 1. The van der Waals surface area contributed by atoms with Crippen LogP contribution < -0.4 is 15.4 Å². The Kier molecular flexibility index (Phi) is 9.61. The summed E-state index contributed by atoms with van der Waals surface area (Å²) < 4.78 is 40.9. The second kappa shape index (κ2) is 12.8. The molecule has 4 rings (SSSR count). The van der Waals surface area contributed by atoms with Crippen LogP contribution in [0.4, 0.5) is 10.5 Å². The molecule has 0 aliphatic carbocycles. The highest BCUT2D eigenvalue weighted by molar-refractivity contribution is 7.89. The molecule has 1 amide bonds. The SMILES string of the molecule is CCCCOc1ccc(C(C)(C)CC)cc1S(=O)(=O)N1CCN(CC2CN(c3ccc(C(=N)N)cc3)C(=O)O2)CC1. The molecule has 0 bridgehead atoms. The van der Waals surface area contributed by atoms with Gasteiger partial charge in [0.2, 0.25) is 10.0 Å². The summed E-state index contributed by atoms with van der Waals surface area (Å²) in [6, 6.07) is 12.5. The fraction of sp³-hybridized carbons (Fsp3) is 0.533. The van der Waals surface area contributed by atoms with Crippen LogP contribution in [0.3, 0.4) is 0 Å². The molecule has 2 heterocycles. The largest absolute Gasteiger partial charge is 0.492 e. The van der Waals surface area contributed by atoms with Crippen molar-refractivity contribution in [2.75, 3.05) is 50.8 Å². The Morgan fingerprint density at radius 2 is 1.78 bits per heavy atom. The van der Waals surface area contributed by atoms with Gasteiger partial charge in [0.1, 0.15) is 22.6 Å². The third kappa shape index (κ3) is 7.02. The molecule has 1 atom stereocenters. The first-order valence-corrected chi connectivity index (χ1v) is 15.8. The molecule has 2 aliphatic heterocycles. The highest BCUT2D eigenvalue weighted by atomic mass is 32.2. The van der Waals surface area contributed by atoms with E-state index in [1.165, 1.54) is 4.31 Å². The van der Waals surface area contributed by atoms with E-state index in [-0.39, 0.29) is 22.3 Å². The zero-order valence-corrected chi connectivity index (χ0v) is 25.4. The Morgan fingerprint density at radius 3 is 2.39 bits per heavy atom. The maximum absolute atomic E-state index is 13.9. The van der Waals surface area contributed by atoms with E-state index in [1.807, 2.05) is 6.07 Å². The topological polar surface area (TPSA) is 129 Å². The van der Waals surface area contributed by atoms with Crippen molar-refractivity contribution in [3.8, 4) is 5.75 Å². The molecule has 2 aromatic rings. The number of hydrogen-bond donors (Lipinski definition) is 2. The molecule has 2 aliphatic rings. The van der Waals surface area contributed by atoms with Crippen LogP contribution in [0.15, 0.2) is 47.4 Å². The zero-order valence-electron chi connectivity index (χ0n) is 24.6. The van der Waals surface area contributed by atoms with Crippen molar-refractivity contribution in [1.29, 1.82) is 5.41 Å². The summed E-state index contributed by atoms with van der Waals surface area (Å²) in [6.45, 7) is 11.6. The summed E-state index contributed by atoms with van der Waals surface area (Å²) in [5.41, 5.74) is 7.62. The molecule has 1 unspecified atom stereocenters. The molecule has 10 nitrogen and oxygen atoms in total. The summed E-state index contributed by atoms with van der Waals surface area (Å²) in [5, 5.41) is 7.54. The molecule has 2 aromatic carbocycles. The predicted octanol–water partition coefficient (Wildman–Crippen LogP) is 4.17. The Labute approximate surface area is 243 Å². The smallest absolute Gasteiger partial charge is 0.414 e. The highest BCUT2D eigenvalue weighted by Gasteiger charge is 2.36. The van der Waals surface area contributed by atoms with E-state index in [1.54, 1.807) is 41.3 Å². The number of cyclic esters (lactones) is 1. The first-order valence-electron chi connectivity index (χ1n) is 14.4. The van der Waals surface area contributed by atoms with Crippen molar-refractivity contribution in [3.63, 3.8) is 0 Å². The first kappa shape index (κ1) is 30.8. The third-order valence-corrected chi connectivity index (χ3v) is 10.1. The van der Waals surface area contributed by atoms with Crippen LogP contribution in [-0.2, 0) is 20.2 Å². The van der Waals surface area contributed by atoms with Crippen LogP contribution in [0.25, 0.3) is 0 Å². The van der Waals surface area contributed by atoms with E-state index >= 15 is 0 Å². The maximum atomic E-state index is 13.9. The molecule has 2 fully saturated rings. The fourth-order valence-electron chi connectivity index (χ4n) is 5.01. The van der Waals surface area contributed by atoms with Gasteiger partial charge in [-0.25, -0.2) is 13.2 Å². The Hall–Kier alpha value is -3.15. The minimum atomic E-state index is -3.77. The van der Waals surface area contributed by atoms with E-state index in [2.05, 4.69) is 32.6 Å². The monoisotopic (exact) mass is 585 g/mol. The van der Waals surface area contributed by atoms with Crippen LogP contribution in [0.1, 0.15) is 58.1 Å². The van der Waals surface area contributed by atoms with Crippen molar-refractivity contribution in [2.24, 2.45) is 5.73 Å². The second-order valence-electron chi connectivity index (χ2n) is 11.4. The quantitative estimate of drug-likeness (QED) is 0.217. The highest BCUT2D eigenvalue weighted by Crippen LogP contribution is 2.35. The number of hydrogen-bond acceptors (Lipinski definition) is 7. The molecule has 0 spiro atoms. The molecular formula is C30H43N5O5S. The number of rotatable bonds is 12. The average molecular weight is 586 g/mol. The molecular weight excluding hydrogens is 542 g/mol. The van der Waals surface area contributed by atoms with E-state index in [0.29, 0.717) is 62.9 Å². The lowest BCUT2D eigenvalue weighted by Gasteiger charge is -2.35. The van der Waals surface area contributed by atoms with Gasteiger partial charge in [-0.3, -0.25) is 15.2 Å². The van der Waals surface area contributed by atoms with Gasteiger partial charge in [-0.05, 0) is 60.2 Å². The van der Waals surface area contributed by atoms with Gasteiger partial charge in [0.05, 0.1) is 13.2 Å². The third-order valence-electron chi connectivity index (χ3n) is 8.14. The Morgan fingerprint density at radius 1 is 1.10 bits per heavy atom. The van der Waals surface area contributed by atoms with E-state index in [4.69, 9.17) is 20.6 Å². The number of nitrogens with one attached hydrogen (secondary N) is 1. The fourth-order valence-corrected chi connectivity index (χ4v) is 6.59. The number of sulfonamides is 1. The van der Waals surface area contributed by atoms with Crippen LogP contribution in [0.5, 0.6) is 5.75 Å². The van der Waals surface area contributed by atoms with E-state index < -0.39 is 16.1 Å². The molecule has 41 heavy (non-hydrogen) atoms. The molecule has 2 saturated heterocycles. The minimum Gasteiger partial charge on any atom is -0.492 e. The van der Waals surface area contributed by atoms with Gasteiger partial charge in [0, 0.05) is 44.0 Å². The van der Waals surface area contributed by atoms with Crippen molar-refractivity contribution in [2.45, 2.75) is 63.4 Å². The zero-order chi connectivity index (χ0) is 29.8. The van der Waals surface area contributed by atoms with Crippen molar-refractivity contribution in [1.82, 2.24) is 9.21 Å². The maximum Gasteiger partial charge on any atom is 0.414 e. The van der Waals surface area contributed by atoms with E-state index in [9.17, 15) is 13.2 Å². The van der Waals surface area contributed by atoms with Crippen LogP contribution in [0, 0.1) is 5.41 Å². The van der Waals surface area contributed by atoms with Gasteiger partial charge < -0.3 is 15.2 Å². The lowest BCUT2D eigenvalue weighted by atomic mass is 9.82. The van der Waals surface area contributed by atoms with Gasteiger partial charge in [0.15, 0.2) is 0 Å². The summed E-state index contributed by atoms with van der Waals surface area (Å²) in [4.78, 5) is 16.5. The summed E-state index contributed by atoms with van der Waals surface area (Å²) >= 11 is 0. The van der Waals surface area contributed by atoms with Crippen LogP contribution >= 0.6 is 0 Å². The van der Waals surface area contributed by atoms with Crippen molar-refractivity contribution < 1.29 is 22.7 Å². The van der Waals surface area contributed by atoms with Gasteiger partial charge in [-0.1, -0.05) is 40.2 Å². The number of carbonyl (C=O) groups excluding carboxylic acids is 1. The lowest BCUT2D eigenvalue weighted by molar-refractivity contribution is 0.0937. The van der Waals surface area contributed by atoms with Crippen molar-refractivity contribution >= 4 is 27.6 Å². The molecule has 3 N–H and O–H groups in total. The number of ether oxygens (including phenoxy) is 2. The molecule has 11 heteroatoms. The van der Waals surface area contributed by atoms with E-state index in [0.717, 1.165) is 24.8 Å². The van der Waals surface area contributed by atoms with Crippen molar-refractivity contribution in [3.05, 3.63) is 53.6 Å². The summed E-state index contributed by atoms with van der Waals surface area (Å²) in [6.07, 6.45) is 1.95. The predicted molar refractivity (Wildman–Crippen MR) is 160 cm³/mol. The van der Waals surface area contributed by atoms with Gasteiger partial charge >= 0.3 is 6.09 Å². The Bertz CT molecular complexity index is 1340. The van der Waals surface area contributed by atoms with Gasteiger partial charge in [-0.2, -0.15) is 4.31 Å². The average Bonchev–Trinajstić information content (AvgIpc) is 3.33. The van der Waals surface area contributed by atoms with Gasteiger partial charge in [-0.15, -0.1) is 0 Å². The number of nitrogen functional groups attached to an aromatic ring is 1. The molecule has 224 valence electrons. The number of carbonyl (C=O) groups is 1. The summed E-state index contributed by atoms with van der Waals surface area (Å²) in [5.74, 6) is 0.378. The number of nitrogens with two attached hydrogens (primary N) is 1. The lowest BCUT2D eigenvalue weighted by Crippen LogP contribution is -2.50. The summed E-state index contributed by atoms with van der Waals surface area (Å²) in [7, 11) is -3.77. The molecule has 0 aromatic heterocycles.